The van der Waals surface area contributed by atoms with Crippen LogP contribution < -0.4 is 4.90 Å². The summed E-state index contributed by atoms with van der Waals surface area (Å²) in [7, 11) is 0. The van der Waals surface area contributed by atoms with E-state index in [1.165, 1.54) is 5.56 Å². The van der Waals surface area contributed by atoms with Crippen molar-refractivity contribution in [1.29, 1.82) is 0 Å². The molecular formula is C18H28N4O. The van der Waals surface area contributed by atoms with Crippen LogP contribution >= 0.6 is 0 Å². The minimum Gasteiger partial charge on any atom is -0.355 e. The number of nitrogens with zero attached hydrogens (tertiary/aromatic N) is 4. The Labute approximate surface area is 139 Å². The molecule has 1 atom stereocenters. The van der Waals surface area contributed by atoms with Gasteiger partial charge in [0.25, 0.3) is 0 Å². The van der Waals surface area contributed by atoms with Gasteiger partial charge in [-0.05, 0) is 32.6 Å². The molecule has 0 bridgehead atoms. The van der Waals surface area contributed by atoms with E-state index in [1.54, 1.807) is 0 Å². The van der Waals surface area contributed by atoms with Gasteiger partial charge in [0.15, 0.2) is 0 Å². The Bertz CT molecular complexity index is 588. The summed E-state index contributed by atoms with van der Waals surface area (Å²) >= 11 is 0. The number of amides is 1. The number of aryl methyl sites for hydroxylation is 2. The van der Waals surface area contributed by atoms with Crippen molar-refractivity contribution in [2.45, 2.75) is 52.9 Å². The molecule has 1 aromatic rings. The second-order valence-corrected chi connectivity index (χ2v) is 7.01. The molecule has 2 aliphatic rings. The zero-order valence-corrected chi connectivity index (χ0v) is 14.6. The van der Waals surface area contributed by atoms with Crippen LogP contribution in [-0.2, 0) is 11.2 Å². The highest BCUT2D eigenvalue weighted by molar-refractivity contribution is 5.86. The van der Waals surface area contributed by atoms with Gasteiger partial charge in [0.1, 0.15) is 11.6 Å². The Morgan fingerprint density at radius 3 is 2.74 bits per heavy atom. The van der Waals surface area contributed by atoms with E-state index in [0.717, 1.165) is 69.9 Å². The largest absolute Gasteiger partial charge is 0.355 e. The third-order valence-electron chi connectivity index (χ3n) is 5.23. The molecule has 0 N–H and O–H groups in total. The molecule has 126 valence electrons. The summed E-state index contributed by atoms with van der Waals surface area (Å²) in [6.07, 6.45) is 7.04. The van der Waals surface area contributed by atoms with Crippen LogP contribution in [0.5, 0.6) is 0 Å². The lowest BCUT2D eigenvalue weighted by Crippen LogP contribution is -2.37. The zero-order valence-electron chi connectivity index (χ0n) is 14.6. The van der Waals surface area contributed by atoms with Crippen molar-refractivity contribution in [2.75, 3.05) is 31.1 Å². The average Bonchev–Trinajstić information content (AvgIpc) is 3.10. The highest BCUT2D eigenvalue weighted by Crippen LogP contribution is 2.42. The maximum atomic E-state index is 12.8. The van der Waals surface area contributed by atoms with Gasteiger partial charge in [0.05, 0.1) is 5.41 Å². The number of anilines is 1. The number of hydrogen-bond acceptors (Lipinski definition) is 4. The van der Waals surface area contributed by atoms with Gasteiger partial charge in [-0.2, -0.15) is 0 Å². The van der Waals surface area contributed by atoms with Crippen molar-refractivity contribution in [3.05, 3.63) is 17.6 Å². The number of likely N-dealkylation sites (tertiary alicyclic amines) is 1. The summed E-state index contributed by atoms with van der Waals surface area (Å²) in [5, 5.41) is 0. The van der Waals surface area contributed by atoms with Gasteiger partial charge in [0.2, 0.25) is 5.91 Å². The van der Waals surface area contributed by atoms with Gasteiger partial charge >= 0.3 is 0 Å². The van der Waals surface area contributed by atoms with Crippen molar-refractivity contribution in [2.24, 2.45) is 5.41 Å². The third-order valence-corrected chi connectivity index (χ3v) is 5.23. The van der Waals surface area contributed by atoms with Crippen molar-refractivity contribution >= 4 is 11.7 Å². The fourth-order valence-electron chi connectivity index (χ4n) is 4.01. The highest BCUT2D eigenvalue weighted by Gasteiger charge is 2.50. The Kier molecular flexibility index (Phi) is 4.55. The van der Waals surface area contributed by atoms with Crippen molar-refractivity contribution in [3.63, 3.8) is 0 Å². The lowest BCUT2D eigenvalue weighted by molar-refractivity contribution is -0.135. The summed E-state index contributed by atoms with van der Waals surface area (Å²) in [5.74, 6) is 2.23. The monoisotopic (exact) mass is 316 g/mol. The molecule has 2 saturated heterocycles. The molecule has 0 aromatic carbocycles. The molecule has 2 fully saturated rings. The fraction of sp³-hybridized carbons (Fsp3) is 0.722. The first kappa shape index (κ1) is 16.2. The Morgan fingerprint density at radius 2 is 2.00 bits per heavy atom. The van der Waals surface area contributed by atoms with Gasteiger partial charge in [-0.3, -0.25) is 4.79 Å². The molecule has 0 aliphatic carbocycles. The SMILES string of the molecule is CCCc1cnc(C)nc1N1CCC2(CCN(CCC)C2=O)C1. The quantitative estimate of drug-likeness (QED) is 0.838. The van der Waals surface area contributed by atoms with Gasteiger partial charge in [0, 0.05) is 37.9 Å². The van der Waals surface area contributed by atoms with E-state index in [-0.39, 0.29) is 5.41 Å². The predicted molar refractivity (Wildman–Crippen MR) is 91.5 cm³/mol. The summed E-state index contributed by atoms with van der Waals surface area (Å²) < 4.78 is 0. The van der Waals surface area contributed by atoms with E-state index in [2.05, 4.69) is 28.6 Å². The minimum atomic E-state index is -0.169. The van der Waals surface area contributed by atoms with Crippen molar-refractivity contribution in [3.8, 4) is 0 Å². The molecule has 1 amide bonds. The standard InChI is InChI=1S/C18H28N4O/c1-4-6-15-12-19-14(3)20-16(15)22-11-8-18(13-22)7-10-21(9-5-2)17(18)23/h12H,4-11,13H2,1-3H3. The van der Waals surface area contributed by atoms with Gasteiger partial charge in [-0.1, -0.05) is 20.3 Å². The van der Waals surface area contributed by atoms with E-state index < -0.39 is 0 Å². The molecule has 0 radical (unpaired) electrons. The van der Waals surface area contributed by atoms with Crippen LogP contribution in [0, 0.1) is 12.3 Å². The smallest absolute Gasteiger partial charge is 0.230 e. The molecule has 0 saturated carbocycles. The summed E-state index contributed by atoms with van der Waals surface area (Å²) in [6.45, 7) is 9.82. The predicted octanol–water partition coefficient (Wildman–Crippen LogP) is 2.58. The average molecular weight is 316 g/mol. The van der Waals surface area contributed by atoms with E-state index in [0.29, 0.717) is 5.91 Å². The molecule has 3 rings (SSSR count). The Morgan fingerprint density at radius 1 is 1.22 bits per heavy atom. The summed E-state index contributed by atoms with van der Waals surface area (Å²) in [6, 6.07) is 0. The normalized spacial score (nSPS) is 24.2. The van der Waals surface area contributed by atoms with E-state index in [4.69, 9.17) is 4.98 Å². The lowest BCUT2D eigenvalue weighted by atomic mass is 9.85. The second kappa shape index (κ2) is 6.46. The number of carbonyl (C=O) groups is 1. The van der Waals surface area contributed by atoms with Crippen LogP contribution in [0.3, 0.4) is 0 Å². The van der Waals surface area contributed by atoms with Gasteiger partial charge < -0.3 is 9.80 Å². The van der Waals surface area contributed by atoms with Crippen LogP contribution in [0.15, 0.2) is 6.20 Å². The van der Waals surface area contributed by atoms with Crippen LogP contribution in [0.1, 0.15) is 50.9 Å². The zero-order chi connectivity index (χ0) is 16.4. The second-order valence-electron chi connectivity index (χ2n) is 7.01. The maximum absolute atomic E-state index is 12.8. The molecule has 2 aliphatic heterocycles. The first-order valence-electron chi connectivity index (χ1n) is 8.96. The first-order valence-corrected chi connectivity index (χ1v) is 8.96. The molecule has 1 unspecified atom stereocenters. The van der Waals surface area contributed by atoms with E-state index in [9.17, 15) is 4.79 Å². The number of hydrogen-bond donors (Lipinski definition) is 0. The first-order chi connectivity index (χ1) is 11.1. The Hall–Kier alpha value is -1.65. The Balaban J connectivity index is 1.80. The molecule has 1 spiro atoms. The molecule has 1 aromatic heterocycles. The van der Waals surface area contributed by atoms with Gasteiger partial charge in [-0.25, -0.2) is 9.97 Å². The molecule has 5 heteroatoms. The number of aromatic nitrogens is 2. The number of carbonyl (C=O) groups excluding carboxylic acids is 1. The third kappa shape index (κ3) is 2.93. The highest BCUT2D eigenvalue weighted by atomic mass is 16.2. The van der Waals surface area contributed by atoms with Crippen LogP contribution in [0.25, 0.3) is 0 Å². The van der Waals surface area contributed by atoms with Crippen LogP contribution in [-0.4, -0.2) is 47.0 Å². The number of rotatable bonds is 5. The molecule has 3 heterocycles. The molecule has 5 nitrogen and oxygen atoms in total. The van der Waals surface area contributed by atoms with Crippen molar-refractivity contribution < 1.29 is 4.79 Å². The summed E-state index contributed by atoms with van der Waals surface area (Å²) in [5.41, 5.74) is 1.04. The summed E-state index contributed by atoms with van der Waals surface area (Å²) in [4.78, 5) is 26.3. The molecule has 23 heavy (non-hydrogen) atoms. The fourth-order valence-corrected chi connectivity index (χ4v) is 4.01. The van der Waals surface area contributed by atoms with Crippen LogP contribution in [0.4, 0.5) is 5.82 Å². The van der Waals surface area contributed by atoms with Gasteiger partial charge in [-0.15, -0.1) is 0 Å². The topological polar surface area (TPSA) is 49.3 Å². The molecular weight excluding hydrogens is 288 g/mol. The van der Waals surface area contributed by atoms with Crippen molar-refractivity contribution in [1.82, 2.24) is 14.9 Å². The van der Waals surface area contributed by atoms with Crippen LogP contribution in [0.2, 0.25) is 0 Å². The van der Waals surface area contributed by atoms with E-state index in [1.807, 2.05) is 13.1 Å². The maximum Gasteiger partial charge on any atom is 0.230 e. The van der Waals surface area contributed by atoms with E-state index >= 15 is 0 Å². The minimum absolute atomic E-state index is 0.169. The lowest BCUT2D eigenvalue weighted by Gasteiger charge is -2.25.